The van der Waals surface area contributed by atoms with E-state index in [-0.39, 0.29) is 27.6 Å². The second-order valence-electron chi connectivity index (χ2n) is 15.2. The van der Waals surface area contributed by atoms with E-state index >= 15 is 0 Å². The summed E-state index contributed by atoms with van der Waals surface area (Å²) in [5.41, 5.74) is 1.57. The van der Waals surface area contributed by atoms with Crippen LogP contribution in [-0.4, -0.2) is 39.9 Å². The van der Waals surface area contributed by atoms with Gasteiger partial charge in [0.2, 0.25) is 17.7 Å². The fraction of sp³-hybridized carbons (Fsp3) is 0.600. The van der Waals surface area contributed by atoms with Crippen molar-refractivity contribution in [3.8, 4) is 17.0 Å². The molecule has 1 aromatic carbocycles. The van der Waals surface area contributed by atoms with Gasteiger partial charge in [-0.05, 0) is 99.3 Å². The molecule has 4 bridgehead atoms. The zero-order valence-corrected chi connectivity index (χ0v) is 25.9. The van der Waals surface area contributed by atoms with Crippen LogP contribution in [0, 0.1) is 10.8 Å². The van der Waals surface area contributed by atoms with Crippen LogP contribution in [0.5, 0.6) is 5.88 Å². The lowest BCUT2D eigenvalue weighted by Gasteiger charge is -2.66. The Bertz CT molecular complexity index is 1480. The SMILES string of the molecule is CCOc1ccc(-c2cccc(N(CC34CCC(c5nc(C(C)(C)C)no5)(CC3)CC4)C(=O)CC34CC(F)(C3)C4)c2)cn1. The fourth-order valence-corrected chi connectivity index (χ4v) is 8.33. The minimum Gasteiger partial charge on any atom is -0.478 e. The summed E-state index contributed by atoms with van der Waals surface area (Å²) >= 11 is 0. The van der Waals surface area contributed by atoms with Gasteiger partial charge in [-0.15, -0.1) is 0 Å². The largest absolute Gasteiger partial charge is 0.478 e. The van der Waals surface area contributed by atoms with Crippen LogP contribution in [0.2, 0.25) is 0 Å². The molecule has 0 aliphatic heterocycles. The highest BCUT2D eigenvalue weighted by molar-refractivity contribution is 5.95. The molecule has 9 rings (SSSR count). The normalized spacial score (nSPS) is 30.8. The van der Waals surface area contributed by atoms with Gasteiger partial charge in [0.05, 0.1) is 6.61 Å². The number of nitrogens with zero attached hydrogens (tertiary/aromatic N) is 4. The number of halogens is 1. The zero-order chi connectivity index (χ0) is 30.1. The monoisotopic (exact) mass is 586 g/mol. The summed E-state index contributed by atoms with van der Waals surface area (Å²) in [5.74, 6) is 2.27. The Morgan fingerprint density at radius 2 is 1.72 bits per heavy atom. The smallest absolute Gasteiger partial charge is 0.232 e. The van der Waals surface area contributed by atoms with Crippen molar-refractivity contribution in [1.29, 1.82) is 0 Å². The average molecular weight is 587 g/mol. The molecule has 1 amide bonds. The average Bonchev–Trinajstić information content (AvgIpc) is 3.49. The van der Waals surface area contributed by atoms with Gasteiger partial charge in [-0.2, -0.15) is 4.98 Å². The predicted octanol–water partition coefficient (Wildman–Crippen LogP) is 7.74. The first-order valence-electron chi connectivity index (χ1n) is 16.0. The quantitative estimate of drug-likeness (QED) is 0.255. The third-order valence-electron chi connectivity index (χ3n) is 10.9. The van der Waals surface area contributed by atoms with Gasteiger partial charge in [0.15, 0.2) is 5.82 Å². The maximum atomic E-state index is 14.4. The molecular weight excluding hydrogens is 543 g/mol. The topological polar surface area (TPSA) is 81.4 Å². The minimum absolute atomic E-state index is 0.0434. The third kappa shape index (κ3) is 5.04. The molecule has 43 heavy (non-hydrogen) atoms. The van der Waals surface area contributed by atoms with Gasteiger partial charge in [0, 0.05) is 47.3 Å². The van der Waals surface area contributed by atoms with Gasteiger partial charge in [-0.3, -0.25) is 4.79 Å². The Balaban J connectivity index is 1.13. The first kappa shape index (κ1) is 28.5. The molecule has 2 aromatic heterocycles. The summed E-state index contributed by atoms with van der Waals surface area (Å²) in [6.07, 6.45) is 9.88. The van der Waals surface area contributed by atoms with Crippen molar-refractivity contribution in [3.63, 3.8) is 0 Å². The van der Waals surface area contributed by atoms with Gasteiger partial charge < -0.3 is 14.2 Å². The summed E-state index contributed by atoms with van der Waals surface area (Å²) in [4.78, 5) is 25.5. The van der Waals surface area contributed by atoms with Crippen LogP contribution < -0.4 is 9.64 Å². The van der Waals surface area contributed by atoms with Crippen LogP contribution in [0.4, 0.5) is 10.1 Å². The number of aromatic nitrogens is 3. The Morgan fingerprint density at radius 1 is 1.00 bits per heavy atom. The van der Waals surface area contributed by atoms with E-state index in [1.54, 1.807) is 0 Å². The molecule has 0 unspecified atom stereocenters. The van der Waals surface area contributed by atoms with Gasteiger partial charge in [0.25, 0.3) is 0 Å². The molecule has 6 aliphatic rings. The highest BCUT2D eigenvalue weighted by Crippen LogP contribution is 2.71. The standard InChI is InChI=1S/C35H43FN4O3/c1-5-42-27-10-9-25(19-37-27)24-7-6-8-26(17-24)40(28(41)18-33-20-35(36,21-33)22-33)23-32-11-14-34(15-12-32,16-13-32)30-38-29(39-43-30)31(2,3)4/h6-10,17,19H,5,11-16,18,20-23H2,1-4H3. The summed E-state index contributed by atoms with van der Waals surface area (Å²) in [6.45, 7) is 9.52. The van der Waals surface area contributed by atoms with Gasteiger partial charge >= 0.3 is 0 Å². The van der Waals surface area contributed by atoms with Crippen LogP contribution >= 0.6 is 0 Å². The van der Waals surface area contributed by atoms with Crippen LogP contribution in [0.3, 0.4) is 0 Å². The van der Waals surface area contributed by atoms with Crippen LogP contribution in [-0.2, 0) is 15.6 Å². The Labute approximate surface area is 253 Å². The Morgan fingerprint density at radius 3 is 2.30 bits per heavy atom. The fourth-order valence-electron chi connectivity index (χ4n) is 8.33. The van der Waals surface area contributed by atoms with E-state index in [4.69, 9.17) is 14.2 Å². The minimum atomic E-state index is -1.01. The van der Waals surface area contributed by atoms with E-state index in [2.05, 4.69) is 43.0 Å². The maximum absolute atomic E-state index is 14.4. The van der Waals surface area contributed by atoms with E-state index in [9.17, 15) is 9.18 Å². The molecule has 7 nitrogen and oxygen atoms in total. The highest BCUT2D eigenvalue weighted by atomic mass is 19.1. The van der Waals surface area contributed by atoms with Crippen molar-refractivity contribution in [1.82, 2.24) is 15.1 Å². The van der Waals surface area contributed by atoms with Crippen molar-refractivity contribution in [2.24, 2.45) is 10.8 Å². The predicted molar refractivity (Wildman–Crippen MR) is 163 cm³/mol. The zero-order valence-electron chi connectivity index (χ0n) is 25.9. The molecule has 8 heteroatoms. The molecule has 0 atom stereocenters. The van der Waals surface area contributed by atoms with E-state index in [1.807, 2.05) is 42.3 Å². The van der Waals surface area contributed by atoms with Crippen molar-refractivity contribution in [2.45, 2.75) is 108 Å². The number of alkyl halides is 1. The number of carbonyl (C=O) groups is 1. The number of pyridine rings is 1. The number of ether oxygens (including phenoxy) is 1. The van der Waals surface area contributed by atoms with Gasteiger partial charge in [-0.25, -0.2) is 9.37 Å². The number of benzene rings is 1. The summed E-state index contributed by atoms with van der Waals surface area (Å²) in [6, 6.07) is 12.1. The summed E-state index contributed by atoms with van der Waals surface area (Å²) in [7, 11) is 0. The van der Waals surface area contributed by atoms with Gasteiger partial charge in [-0.1, -0.05) is 38.1 Å². The number of amides is 1. The molecule has 3 aromatic rings. The van der Waals surface area contributed by atoms with Crippen LogP contribution in [0.15, 0.2) is 47.1 Å². The number of hydrogen-bond donors (Lipinski definition) is 0. The number of hydrogen-bond acceptors (Lipinski definition) is 6. The van der Waals surface area contributed by atoms with E-state index in [0.717, 1.165) is 67.1 Å². The molecule has 6 saturated carbocycles. The van der Waals surface area contributed by atoms with Crippen LogP contribution in [0.1, 0.15) is 104 Å². The van der Waals surface area contributed by atoms with Crippen LogP contribution in [0.25, 0.3) is 11.1 Å². The second-order valence-corrected chi connectivity index (χ2v) is 15.2. The molecule has 228 valence electrons. The summed E-state index contributed by atoms with van der Waals surface area (Å²) < 4.78 is 25.8. The maximum Gasteiger partial charge on any atom is 0.232 e. The lowest BCUT2D eigenvalue weighted by molar-refractivity contribution is -0.215. The molecule has 0 saturated heterocycles. The Hall–Kier alpha value is -3.29. The first-order valence-corrected chi connectivity index (χ1v) is 16.0. The summed E-state index contributed by atoms with van der Waals surface area (Å²) in [5, 5.41) is 4.33. The van der Waals surface area contributed by atoms with Gasteiger partial charge in [0.1, 0.15) is 5.67 Å². The highest BCUT2D eigenvalue weighted by Gasteiger charge is 2.69. The molecule has 0 N–H and O–H groups in total. The van der Waals surface area contributed by atoms with Crippen molar-refractivity contribution in [2.75, 3.05) is 18.1 Å². The van der Waals surface area contributed by atoms with E-state index < -0.39 is 5.67 Å². The molecule has 0 radical (unpaired) electrons. The molecular formula is C35H43FN4O3. The molecule has 0 spiro atoms. The van der Waals surface area contributed by atoms with E-state index in [0.29, 0.717) is 44.7 Å². The molecule has 6 aliphatic carbocycles. The first-order chi connectivity index (χ1) is 20.4. The molecule has 2 heterocycles. The number of anilines is 1. The van der Waals surface area contributed by atoms with Crippen molar-refractivity contribution < 1.29 is 18.4 Å². The number of rotatable bonds is 9. The number of carbonyl (C=O) groups excluding carboxylic acids is 1. The lowest BCUT2D eigenvalue weighted by Crippen LogP contribution is -2.65. The third-order valence-corrected chi connectivity index (χ3v) is 10.9. The lowest BCUT2D eigenvalue weighted by atomic mass is 9.41. The second kappa shape index (κ2) is 9.86. The van der Waals surface area contributed by atoms with Crippen molar-refractivity contribution in [3.05, 3.63) is 54.3 Å². The molecule has 6 fully saturated rings. The Kier molecular flexibility index (Phi) is 6.53. The van der Waals surface area contributed by atoms with Crippen molar-refractivity contribution >= 4 is 11.6 Å². The number of fused-ring (bicyclic) bond motifs is 3. The van der Waals surface area contributed by atoms with E-state index in [1.165, 1.54) is 0 Å².